The zero-order valence-electron chi connectivity index (χ0n) is 33.7. The molecule has 0 unspecified atom stereocenters. The zero-order chi connectivity index (χ0) is 39.4. The van der Waals surface area contributed by atoms with Gasteiger partial charge in [-0.25, -0.2) is 9.97 Å². The van der Waals surface area contributed by atoms with Crippen molar-refractivity contribution in [3.63, 3.8) is 0 Å². The van der Waals surface area contributed by atoms with Crippen molar-refractivity contribution in [2.75, 3.05) is 45.8 Å². The first-order valence-corrected chi connectivity index (χ1v) is 21.0. The number of imidazole rings is 2. The molecule has 0 bridgehead atoms. The standard InChI is InChI=1S/C24H30N4O.C23H28N4O/c1-2-3-9-21-17-28(15-14-27(21)13-12-20-16-25-18-26-20)24(29)23-11-6-8-19-7-4-5-10-22(19)23;1-2-3-9-20-16-27(13-12-26(20)15-19-14-24-17-25-19)23(28)22-11-6-8-18-7-4-5-10-21(18)22/h4-8,10-11,16,18,21H,2-3,9,12-15,17H2,1H3,(H,25,26);4-8,10-11,14,17,20H,2-3,9,12-13,15-16H2,1H3,(H,24,25)/t21-;20-/m00/s1. The minimum absolute atomic E-state index is 0.152. The normalized spacial score (nSPS) is 17.8. The summed E-state index contributed by atoms with van der Waals surface area (Å²) in [5.41, 5.74) is 3.95. The van der Waals surface area contributed by atoms with Crippen LogP contribution in [-0.2, 0) is 13.0 Å². The molecule has 10 nitrogen and oxygen atoms in total. The maximum atomic E-state index is 13.4. The Morgan fingerprint density at radius 3 is 1.63 bits per heavy atom. The lowest BCUT2D eigenvalue weighted by atomic mass is 10.0. The van der Waals surface area contributed by atoms with E-state index in [4.69, 9.17) is 0 Å². The van der Waals surface area contributed by atoms with Crippen molar-refractivity contribution in [2.24, 2.45) is 0 Å². The number of unbranched alkanes of at least 4 members (excludes halogenated alkanes) is 2. The van der Waals surface area contributed by atoms with Crippen molar-refractivity contribution < 1.29 is 9.59 Å². The van der Waals surface area contributed by atoms with Crippen molar-refractivity contribution in [1.29, 1.82) is 0 Å². The highest BCUT2D eigenvalue weighted by atomic mass is 16.2. The van der Waals surface area contributed by atoms with Crippen LogP contribution in [0.25, 0.3) is 21.5 Å². The van der Waals surface area contributed by atoms with E-state index in [0.29, 0.717) is 12.1 Å². The van der Waals surface area contributed by atoms with Crippen LogP contribution in [0.4, 0.5) is 0 Å². The number of piperazine rings is 2. The Hall–Kier alpha value is -5.32. The van der Waals surface area contributed by atoms with Crippen LogP contribution in [0.5, 0.6) is 0 Å². The lowest BCUT2D eigenvalue weighted by molar-refractivity contribution is 0.0432. The molecule has 2 fully saturated rings. The van der Waals surface area contributed by atoms with Crippen LogP contribution < -0.4 is 0 Å². The summed E-state index contributed by atoms with van der Waals surface area (Å²) >= 11 is 0. The number of rotatable bonds is 13. The van der Waals surface area contributed by atoms with Crippen molar-refractivity contribution >= 4 is 33.4 Å². The lowest BCUT2D eigenvalue weighted by Crippen LogP contribution is -2.55. The molecule has 2 N–H and O–H groups in total. The number of benzene rings is 4. The molecular weight excluding hydrogens is 709 g/mol. The van der Waals surface area contributed by atoms with Crippen LogP contribution >= 0.6 is 0 Å². The van der Waals surface area contributed by atoms with Gasteiger partial charge in [0.15, 0.2) is 0 Å². The number of hydrogen-bond donors (Lipinski definition) is 2. The molecule has 0 saturated carbocycles. The van der Waals surface area contributed by atoms with Crippen molar-refractivity contribution in [2.45, 2.75) is 77.4 Å². The number of H-pyrrole nitrogens is 2. The first kappa shape index (κ1) is 39.9. The summed E-state index contributed by atoms with van der Waals surface area (Å²) in [7, 11) is 0. The second-order valence-corrected chi connectivity index (χ2v) is 15.6. The maximum Gasteiger partial charge on any atom is 0.254 e. The molecule has 10 heteroatoms. The van der Waals surface area contributed by atoms with Crippen molar-refractivity contribution in [3.8, 4) is 0 Å². The molecule has 2 aromatic heterocycles. The Kier molecular flexibility index (Phi) is 13.8. The second kappa shape index (κ2) is 19.7. The van der Waals surface area contributed by atoms with E-state index in [1.807, 2.05) is 71.9 Å². The van der Waals surface area contributed by atoms with E-state index < -0.39 is 0 Å². The van der Waals surface area contributed by atoms with Gasteiger partial charge in [-0.2, -0.15) is 0 Å². The molecule has 2 aliphatic heterocycles. The average molecular weight is 767 g/mol. The number of carbonyl (C=O) groups is 2. The summed E-state index contributed by atoms with van der Waals surface area (Å²) < 4.78 is 0. The molecule has 0 aliphatic carbocycles. The van der Waals surface area contributed by atoms with E-state index >= 15 is 0 Å². The number of aromatic amines is 2. The van der Waals surface area contributed by atoms with Gasteiger partial charge in [0.05, 0.1) is 12.7 Å². The highest BCUT2D eigenvalue weighted by molar-refractivity contribution is 6.08. The number of carbonyl (C=O) groups excluding carboxylic acids is 2. The van der Waals surface area contributed by atoms with Crippen LogP contribution in [0, 0.1) is 0 Å². The fourth-order valence-corrected chi connectivity index (χ4v) is 8.52. The van der Waals surface area contributed by atoms with Gasteiger partial charge in [0.1, 0.15) is 0 Å². The van der Waals surface area contributed by atoms with Gasteiger partial charge in [0.2, 0.25) is 0 Å². The Balaban J connectivity index is 0.000000174. The van der Waals surface area contributed by atoms with Gasteiger partial charge >= 0.3 is 0 Å². The molecule has 4 heterocycles. The molecule has 4 aromatic carbocycles. The van der Waals surface area contributed by atoms with Gasteiger partial charge in [-0.1, -0.05) is 112 Å². The van der Waals surface area contributed by atoms with Crippen LogP contribution in [0.15, 0.2) is 110 Å². The summed E-state index contributed by atoms with van der Waals surface area (Å²) in [5.74, 6) is 0.316. The Labute approximate surface area is 337 Å². The zero-order valence-corrected chi connectivity index (χ0v) is 33.7. The van der Waals surface area contributed by atoms with E-state index in [1.165, 1.54) is 31.4 Å². The third-order valence-corrected chi connectivity index (χ3v) is 11.8. The molecule has 298 valence electrons. The molecule has 2 saturated heterocycles. The lowest BCUT2D eigenvalue weighted by Gasteiger charge is -2.41. The number of nitrogens with zero attached hydrogens (tertiary/aromatic N) is 6. The Bertz CT molecular complexity index is 2160. The Morgan fingerprint density at radius 1 is 0.614 bits per heavy atom. The topological polar surface area (TPSA) is 104 Å². The summed E-state index contributed by atoms with van der Waals surface area (Å²) in [5, 5.41) is 4.33. The molecule has 6 aromatic rings. The SMILES string of the molecule is CCCC[C@H]1CN(C(=O)c2cccc3ccccc23)CCN1CCc1cnc[nH]1.CCCC[C@H]1CN(C(=O)c2cccc3ccccc23)CCN1Cc1cnc[nH]1. The fourth-order valence-electron chi connectivity index (χ4n) is 8.52. The van der Waals surface area contributed by atoms with Gasteiger partial charge < -0.3 is 19.8 Å². The molecule has 57 heavy (non-hydrogen) atoms. The van der Waals surface area contributed by atoms with Gasteiger partial charge in [-0.3, -0.25) is 19.4 Å². The van der Waals surface area contributed by atoms with Crippen LogP contribution in [0.2, 0.25) is 0 Å². The number of amides is 2. The second-order valence-electron chi connectivity index (χ2n) is 15.6. The van der Waals surface area contributed by atoms with E-state index in [0.717, 1.165) is 110 Å². The van der Waals surface area contributed by atoms with Crippen molar-refractivity contribution in [1.82, 2.24) is 39.5 Å². The highest BCUT2D eigenvalue weighted by Crippen LogP contribution is 2.25. The first-order valence-electron chi connectivity index (χ1n) is 21.0. The van der Waals surface area contributed by atoms with E-state index in [9.17, 15) is 9.59 Å². The number of aromatic nitrogens is 4. The first-order chi connectivity index (χ1) is 28.0. The number of nitrogens with one attached hydrogen (secondary N) is 2. The van der Waals surface area contributed by atoms with E-state index in [-0.39, 0.29) is 11.8 Å². The average Bonchev–Trinajstić information content (AvgIpc) is 3.99. The molecule has 0 radical (unpaired) electrons. The smallest absolute Gasteiger partial charge is 0.254 e. The van der Waals surface area contributed by atoms with Gasteiger partial charge in [-0.15, -0.1) is 0 Å². The molecule has 0 spiro atoms. The third-order valence-electron chi connectivity index (χ3n) is 11.8. The maximum absolute atomic E-state index is 13.4. The van der Waals surface area contributed by atoms with Crippen LogP contribution in [0.1, 0.15) is 84.5 Å². The minimum atomic E-state index is 0.152. The molecule has 2 atom stereocenters. The highest BCUT2D eigenvalue weighted by Gasteiger charge is 2.31. The molecule has 2 amide bonds. The largest absolute Gasteiger partial charge is 0.348 e. The predicted octanol–water partition coefficient (Wildman–Crippen LogP) is 8.20. The summed E-state index contributed by atoms with van der Waals surface area (Å²) in [4.78, 5) is 50.6. The summed E-state index contributed by atoms with van der Waals surface area (Å²) in [6.45, 7) is 11.3. The number of hydrogen-bond acceptors (Lipinski definition) is 6. The van der Waals surface area contributed by atoms with E-state index in [2.05, 4.69) is 78.8 Å². The van der Waals surface area contributed by atoms with Gasteiger partial charge in [0.25, 0.3) is 11.8 Å². The predicted molar refractivity (Wildman–Crippen MR) is 229 cm³/mol. The Morgan fingerprint density at radius 2 is 1.11 bits per heavy atom. The van der Waals surface area contributed by atoms with Crippen molar-refractivity contribution in [3.05, 3.63) is 132 Å². The minimum Gasteiger partial charge on any atom is -0.348 e. The summed E-state index contributed by atoms with van der Waals surface area (Å²) in [6, 6.07) is 29.2. The number of fused-ring (bicyclic) bond motifs is 2. The summed E-state index contributed by atoms with van der Waals surface area (Å²) in [6.07, 6.45) is 15.2. The molecule has 8 rings (SSSR count). The van der Waals surface area contributed by atoms with Crippen LogP contribution in [-0.4, -0.2) is 109 Å². The van der Waals surface area contributed by atoms with E-state index in [1.54, 1.807) is 12.7 Å². The monoisotopic (exact) mass is 766 g/mol. The molecule has 2 aliphatic rings. The van der Waals surface area contributed by atoms with Gasteiger partial charge in [-0.05, 0) is 46.5 Å². The third kappa shape index (κ3) is 9.98. The van der Waals surface area contributed by atoms with Crippen LogP contribution in [0.3, 0.4) is 0 Å². The van der Waals surface area contributed by atoms with Gasteiger partial charge in [0, 0.05) is 106 Å². The quantitative estimate of drug-likeness (QED) is 0.123. The fraction of sp³-hybridized carbons (Fsp3) is 0.404. The molecular formula is C47H58N8O2.